The molecular formula is C15H20Br2N4. The molecule has 2 aromatic rings. The summed E-state index contributed by atoms with van der Waals surface area (Å²) >= 11 is 7.17. The molecule has 1 aromatic heterocycles. The van der Waals surface area contributed by atoms with Crippen LogP contribution in [0.1, 0.15) is 17.3 Å². The maximum Gasteiger partial charge on any atom is 0.0757 e. The van der Waals surface area contributed by atoms with Gasteiger partial charge in [-0.1, -0.05) is 28.1 Å². The number of likely N-dealkylation sites (N-methyl/N-ethyl adjacent to an activating group) is 1. The molecule has 0 saturated carbocycles. The Morgan fingerprint density at radius 2 is 2.10 bits per heavy atom. The van der Waals surface area contributed by atoms with E-state index < -0.39 is 0 Å². The van der Waals surface area contributed by atoms with Crippen LogP contribution in [-0.4, -0.2) is 42.4 Å². The molecule has 1 aromatic carbocycles. The van der Waals surface area contributed by atoms with Crippen molar-refractivity contribution in [3.05, 3.63) is 50.7 Å². The summed E-state index contributed by atoms with van der Waals surface area (Å²) in [4.78, 5) is 2.16. The van der Waals surface area contributed by atoms with Gasteiger partial charge in [0, 0.05) is 11.0 Å². The Bertz CT molecular complexity index is 595. The van der Waals surface area contributed by atoms with E-state index in [1.54, 1.807) is 0 Å². The zero-order chi connectivity index (χ0) is 15.4. The highest BCUT2D eigenvalue weighted by molar-refractivity contribution is 9.10. The highest BCUT2D eigenvalue weighted by Crippen LogP contribution is 2.29. The highest BCUT2D eigenvalue weighted by atomic mass is 79.9. The Labute approximate surface area is 142 Å². The van der Waals surface area contributed by atoms with Crippen molar-refractivity contribution in [1.82, 2.24) is 20.0 Å². The Morgan fingerprint density at radius 1 is 1.33 bits per heavy atom. The van der Waals surface area contributed by atoms with Crippen LogP contribution in [0.2, 0.25) is 0 Å². The minimum atomic E-state index is 0.0986. The molecule has 114 valence electrons. The van der Waals surface area contributed by atoms with E-state index in [-0.39, 0.29) is 6.04 Å². The first-order valence-electron chi connectivity index (χ1n) is 6.81. The maximum absolute atomic E-state index is 4.50. The van der Waals surface area contributed by atoms with Gasteiger partial charge in [-0.15, -0.1) is 0 Å². The van der Waals surface area contributed by atoms with Crippen molar-refractivity contribution in [2.24, 2.45) is 0 Å². The van der Waals surface area contributed by atoms with Crippen LogP contribution in [0.25, 0.3) is 0 Å². The first-order chi connectivity index (χ1) is 10.0. The van der Waals surface area contributed by atoms with Crippen LogP contribution in [0.15, 0.2) is 39.4 Å². The molecule has 0 aliphatic rings. The van der Waals surface area contributed by atoms with Gasteiger partial charge in [-0.3, -0.25) is 4.68 Å². The monoisotopic (exact) mass is 414 g/mol. The van der Waals surface area contributed by atoms with Gasteiger partial charge >= 0.3 is 0 Å². The second-order valence-corrected chi connectivity index (χ2v) is 6.95. The summed E-state index contributed by atoms with van der Waals surface area (Å²) in [6, 6.07) is 8.45. The minimum Gasteiger partial charge on any atom is -0.308 e. The van der Waals surface area contributed by atoms with Crippen molar-refractivity contribution in [2.75, 3.05) is 27.7 Å². The molecule has 2 rings (SSSR count). The lowest BCUT2D eigenvalue weighted by Gasteiger charge is -2.20. The highest BCUT2D eigenvalue weighted by Gasteiger charge is 2.20. The summed E-state index contributed by atoms with van der Waals surface area (Å²) in [6.07, 6.45) is 1.87. The lowest BCUT2D eigenvalue weighted by molar-refractivity contribution is 0.366. The summed E-state index contributed by atoms with van der Waals surface area (Å²) in [5.74, 6) is 0. The van der Waals surface area contributed by atoms with E-state index in [4.69, 9.17) is 0 Å². The SMILES string of the molecule is CNC(c1cccc(Br)c1)c1c(Br)cnn1CCN(C)C. The number of nitrogens with zero attached hydrogens (tertiary/aromatic N) is 3. The molecular weight excluding hydrogens is 396 g/mol. The van der Waals surface area contributed by atoms with Crippen molar-refractivity contribution < 1.29 is 0 Å². The zero-order valence-corrected chi connectivity index (χ0v) is 15.6. The van der Waals surface area contributed by atoms with Crippen LogP contribution < -0.4 is 5.32 Å². The molecule has 4 nitrogen and oxygen atoms in total. The molecule has 1 unspecified atom stereocenters. The van der Waals surface area contributed by atoms with Crippen molar-refractivity contribution in [3.63, 3.8) is 0 Å². The van der Waals surface area contributed by atoms with E-state index in [0.717, 1.165) is 27.7 Å². The van der Waals surface area contributed by atoms with E-state index in [9.17, 15) is 0 Å². The Kier molecular flexibility index (Phi) is 5.98. The molecule has 1 heterocycles. The number of nitrogens with one attached hydrogen (secondary N) is 1. The van der Waals surface area contributed by atoms with Gasteiger partial charge in [0.15, 0.2) is 0 Å². The van der Waals surface area contributed by atoms with Gasteiger partial charge in [0.2, 0.25) is 0 Å². The normalized spacial score (nSPS) is 12.9. The van der Waals surface area contributed by atoms with E-state index in [0.29, 0.717) is 0 Å². The van der Waals surface area contributed by atoms with Crippen molar-refractivity contribution >= 4 is 31.9 Å². The fourth-order valence-corrected chi connectivity index (χ4v) is 3.22. The van der Waals surface area contributed by atoms with E-state index in [1.807, 2.05) is 19.3 Å². The van der Waals surface area contributed by atoms with Gasteiger partial charge in [0.1, 0.15) is 0 Å². The van der Waals surface area contributed by atoms with Gasteiger partial charge < -0.3 is 10.2 Å². The Morgan fingerprint density at radius 3 is 2.71 bits per heavy atom. The lowest BCUT2D eigenvalue weighted by atomic mass is 10.0. The number of aromatic nitrogens is 2. The minimum absolute atomic E-state index is 0.0986. The summed E-state index contributed by atoms with van der Waals surface area (Å²) in [7, 11) is 6.12. The fourth-order valence-electron chi connectivity index (χ4n) is 2.28. The van der Waals surface area contributed by atoms with Crippen molar-refractivity contribution in [3.8, 4) is 0 Å². The summed E-state index contributed by atoms with van der Waals surface area (Å²) in [6.45, 7) is 1.82. The molecule has 0 aliphatic heterocycles. The van der Waals surface area contributed by atoms with Crippen LogP contribution in [0, 0.1) is 0 Å². The molecule has 21 heavy (non-hydrogen) atoms. The van der Waals surface area contributed by atoms with Gasteiger partial charge in [-0.05, 0) is 54.8 Å². The van der Waals surface area contributed by atoms with Crippen LogP contribution in [0.5, 0.6) is 0 Å². The summed E-state index contributed by atoms with van der Waals surface area (Å²) < 4.78 is 4.17. The number of rotatable bonds is 6. The first-order valence-corrected chi connectivity index (χ1v) is 8.40. The average Bonchev–Trinajstić information content (AvgIpc) is 2.79. The Hall–Kier alpha value is -0.690. The third-order valence-electron chi connectivity index (χ3n) is 3.34. The predicted octanol–water partition coefficient (Wildman–Crippen LogP) is 3.28. The molecule has 0 saturated heterocycles. The number of hydrogen-bond donors (Lipinski definition) is 1. The van der Waals surface area contributed by atoms with Crippen LogP contribution in [0.4, 0.5) is 0 Å². The second-order valence-electron chi connectivity index (χ2n) is 5.18. The third-order valence-corrected chi connectivity index (χ3v) is 4.44. The molecule has 0 aliphatic carbocycles. The van der Waals surface area contributed by atoms with Gasteiger partial charge in [-0.2, -0.15) is 5.10 Å². The predicted molar refractivity (Wildman–Crippen MR) is 93.5 cm³/mol. The molecule has 0 spiro atoms. The second kappa shape index (κ2) is 7.54. The number of benzene rings is 1. The molecule has 1 atom stereocenters. The van der Waals surface area contributed by atoms with Crippen LogP contribution in [-0.2, 0) is 6.54 Å². The molecule has 0 bridgehead atoms. The summed E-state index contributed by atoms with van der Waals surface area (Å²) in [5.41, 5.74) is 2.36. The van der Waals surface area contributed by atoms with Crippen LogP contribution in [0.3, 0.4) is 0 Å². The first kappa shape index (κ1) is 16.7. The van der Waals surface area contributed by atoms with E-state index in [2.05, 4.69) is 84.2 Å². The lowest BCUT2D eigenvalue weighted by Crippen LogP contribution is -2.25. The van der Waals surface area contributed by atoms with Crippen molar-refractivity contribution in [1.29, 1.82) is 0 Å². The fraction of sp³-hybridized carbons (Fsp3) is 0.400. The van der Waals surface area contributed by atoms with E-state index >= 15 is 0 Å². The van der Waals surface area contributed by atoms with Crippen molar-refractivity contribution in [2.45, 2.75) is 12.6 Å². The maximum atomic E-state index is 4.50. The number of hydrogen-bond acceptors (Lipinski definition) is 3. The quantitative estimate of drug-likeness (QED) is 0.785. The van der Waals surface area contributed by atoms with Crippen LogP contribution >= 0.6 is 31.9 Å². The molecule has 0 radical (unpaired) electrons. The molecule has 0 amide bonds. The third kappa shape index (κ3) is 4.16. The summed E-state index contributed by atoms with van der Waals surface area (Å²) in [5, 5.41) is 7.89. The average molecular weight is 416 g/mol. The molecule has 1 N–H and O–H groups in total. The van der Waals surface area contributed by atoms with Gasteiger partial charge in [-0.25, -0.2) is 0 Å². The standard InChI is InChI=1S/C15H20Br2N4/c1-18-14(11-5-4-6-12(16)9-11)15-13(17)10-19-21(15)8-7-20(2)3/h4-6,9-10,14,18H,7-8H2,1-3H3. The molecule has 6 heteroatoms. The van der Waals surface area contributed by atoms with Gasteiger partial charge in [0.05, 0.1) is 29.0 Å². The Balaban J connectivity index is 2.35. The molecule has 0 fully saturated rings. The topological polar surface area (TPSA) is 33.1 Å². The van der Waals surface area contributed by atoms with Gasteiger partial charge in [0.25, 0.3) is 0 Å². The largest absolute Gasteiger partial charge is 0.308 e. The smallest absolute Gasteiger partial charge is 0.0757 e. The number of halogens is 2. The zero-order valence-electron chi connectivity index (χ0n) is 12.5. The van der Waals surface area contributed by atoms with E-state index in [1.165, 1.54) is 5.56 Å².